The van der Waals surface area contributed by atoms with E-state index in [4.69, 9.17) is 14.9 Å². The Balaban J connectivity index is 2.57. The van der Waals surface area contributed by atoms with Crippen LogP contribution in [0.1, 0.15) is 0 Å². The van der Waals surface area contributed by atoms with Gasteiger partial charge in [-0.25, -0.2) is 4.98 Å². The first-order valence-electron chi connectivity index (χ1n) is 4.18. The fourth-order valence-electron chi connectivity index (χ4n) is 0.868. The highest BCUT2D eigenvalue weighted by atomic mass is 32.2. The molecule has 5 heteroatoms. The zero-order valence-corrected chi connectivity index (χ0v) is 8.70. The molecule has 0 fully saturated rings. The van der Waals surface area contributed by atoms with E-state index in [0.29, 0.717) is 11.5 Å². The minimum atomic E-state index is -0.716. The first-order valence-corrected chi connectivity index (χ1v) is 5.17. The maximum absolute atomic E-state index is 9.14. The van der Waals surface area contributed by atoms with E-state index >= 15 is 0 Å². The van der Waals surface area contributed by atoms with Crippen LogP contribution in [0.3, 0.4) is 0 Å². The number of aliphatic hydroxyl groups is 2. The van der Waals surface area contributed by atoms with Gasteiger partial charge in [0, 0.05) is 11.9 Å². The molecule has 2 N–H and O–H groups in total. The lowest BCUT2D eigenvalue weighted by Crippen LogP contribution is -2.14. The van der Waals surface area contributed by atoms with Gasteiger partial charge in [0.2, 0.25) is 0 Å². The normalized spacial score (nSPS) is 12.5. The van der Waals surface area contributed by atoms with Crippen molar-refractivity contribution >= 4 is 11.8 Å². The highest BCUT2D eigenvalue weighted by Crippen LogP contribution is 2.26. The lowest BCUT2D eigenvalue weighted by Gasteiger charge is -2.08. The van der Waals surface area contributed by atoms with Gasteiger partial charge in [0.15, 0.2) is 5.75 Å². The maximum atomic E-state index is 9.14. The summed E-state index contributed by atoms with van der Waals surface area (Å²) in [6.45, 7) is -0.234. The van der Waals surface area contributed by atoms with Gasteiger partial charge in [0.1, 0.15) is 5.03 Å². The monoisotopic (exact) mass is 215 g/mol. The Hall–Kier alpha value is -0.780. The SMILES string of the molecule is COc1cccnc1SCC(O)CO. The molecule has 14 heavy (non-hydrogen) atoms. The van der Waals surface area contributed by atoms with E-state index in [1.807, 2.05) is 0 Å². The van der Waals surface area contributed by atoms with Crippen LogP contribution in [0.4, 0.5) is 0 Å². The van der Waals surface area contributed by atoms with Crippen molar-refractivity contribution in [3.8, 4) is 5.75 Å². The molecule has 1 heterocycles. The Labute approximate surface area is 86.9 Å². The summed E-state index contributed by atoms with van der Waals surface area (Å²) in [5.41, 5.74) is 0. The molecule has 0 spiro atoms. The maximum Gasteiger partial charge on any atom is 0.151 e. The molecule has 1 rings (SSSR count). The van der Waals surface area contributed by atoms with Gasteiger partial charge >= 0.3 is 0 Å². The summed E-state index contributed by atoms with van der Waals surface area (Å²) in [5, 5.41) is 18.5. The second kappa shape index (κ2) is 5.85. The molecular weight excluding hydrogens is 202 g/mol. The van der Waals surface area contributed by atoms with Crippen LogP contribution >= 0.6 is 11.8 Å². The number of nitrogens with zero attached hydrogens (tertiary/aromatic N) is 1. The standard InChI is InChI=1S/C9H13NO3S/c1-13-8-3-2-4-10-9(8)14-6-7(12)5-11/h2-4,7,11-12H,5-6H2,1H3. The van der Waals surface area contributed by atoms with Gasteiger partial charge in [0.25, 0.3) is 0 Å². The van der Waals surface area contributed by atoms with E-state index in [-0.39, 0.29) is 6.61 Å². The molecule has 0 radical (unpaired) electrons. The van der Waals surface area contributed by atoms with Crippen molar-refractivity contribution in [2.75, 3.05) is 19.5 Å². The Morgan fingerprint density at radius 3 is 3.07 bits per heavy atom. The largest absolute Gasteiger partial charge is 0.494 e. The second-order valence-electron chi connectivity index (χ2n) is 2.66. The number of rotatable bonds is 5. The van der Waals surface area contributed by atoms with Gasteiger partial charge < -0.3 is 14.9 Å². The number of pyridine rings is 1. The number of thioether (sulfide) groups is 1. The molecule has 0 aliphatic rings. The van der Waals surface area contributed by atoms with E-state index in [2.05, 4.69) is 4.98 Å². The molecule has 1 aromatic heterocycles. The molecule has 1 aromatic rings. The summed E-state index contributed by atoms with van der Waals surface area (Å²) in [4.78, 5) is 4.10. The van der Waals surface area contributed by atoms with Gasteiger partial charge in [-0.2, -0.15) is 0 Å². The predicted molar refractivity (Wildman–Crippen MR) is 54.6 cm³/mol. The fourth-order valence-corrected chi connectivity index (χ4v) is 1.75. The number of hydrogen-bond acceptors (Lipinski definition) is 5. The Morgan fingerprint density at radius 1 is 1.64 bits per heavy atom. The summed E-state index contributed by atoms with van der Waals surface area (Å²) in [5.74, 6) is 1.09. The van der Waals surface area contributed by atoms with Crippen molar-refractivity contribution in [1.82, 2.24) is 4.98 Å². The summed E-state index contributed by atoms with van der Waals surface area (Å²) in [7, 11) is 1.57. The quantitative estimate of drug-likeness (QED) is 0.702. The van der Waals surface area contributed by atoms with Crippen LogP contribution in [0.2, 0.25) is 0 Å². The van der Waals surface area contributed by atoms with Crippen LogP contribution in [-0.4, -0.2) is 40.8 Å². The number of methoxy groups -OCH3 is 1. The first kappa shape index (κ1) is 11.3. The van der Waals surface area contributed by atoms with Crippen molar-refractivity contribution in [3.63, 3.8) is 0 Å². The van der Waals surface area contributed by atoms with Crippen molar-refractivity contribution in [1.29, 1.82) is 0 Å². The van der Waals surface area contributed by atoms with Gasteiger partial charge in [-0.1, -0.05) is 11.8 Å². The number of hydrogen-bond donors (Lipinski definition) is 2. The molecule has 1 unspecified atom stereocenters. The minimum Gasteiger partial charge on any atom is -0.494 e. The lowest BCUT2D eigenvalue weighted by molar-refractivity contribution is 0.113. The summed E-state index contributed by atoms with van der Waals surface area (Å²) < 4.78 is 5.08. The van der Waals surface area contributed by atoms with Crippen LogP contribution in [0.15, 0.2) is 23.4 Å². The first-order chi connectivity index (χ1) is 6.77. The third-order valence-electron chi connectivity index (χ3n) is 1.58. The molecular formula is C9H13NO3S. The number of ether oxygens (including phenoxy) is 1. The summed E-state index contributed by atoms with van der Waals surface area (Å²) in [6.07, 6.45) is 0.947. The van der Waals surface area contributed by atoms with Crippen molar-refractivity contribution in [2.45, 2.75) is 11.1 Å². The smallest absolute Gasteiger partial charge is 0.151 e. The molecule has 0 saturated heterocycles. The fraction of sp³-hybridized carbons (Fsp3) is 0.444. The number of aliphatic hydroxyl groups excluding tert-OH is 2. The van der Waals surface area contributed by atoms with Crippen molar-refractivity contribution in [2.24, 2.45) is 0 Å². The molecule has 0 amide bonds. The average molecular weight is 215 g/mol. The van der Waals surface area contributed by atoms with Crippen LogP contribution in [-0.2, 0) is 0 Å². The third-order valence-corrected chi connectivity index (χ3v) is 2.71. The van der Waals surface area contributed by atoms with Gasteiger partial charge in [-0.15, -0.1) is 0 Å². The molecule has 1 atom stereocenters. The van der Waals surface area contributed by atoms with E-state index in [1.165, 1.54) is 11.8 Å². The molecule has 78 valence electrons. The van der Waals surface area contributed by atoms with E-state index in [1.54, 1.807) is 25.4 Å². The van der Waals surface area contributed by atoms with Gasteiger partial charge in [-0.05, 0) is 12.1 Å². The number of aromatic nitrogens is 1. The Bertz CT molecular complexity index is 283. The topological polar surface area (TPSA) is 62.6 Å². The Morgan fingerprint density at radius 2 is 2.43 bits per heavy atom. The second-order valence-corrected chi connectivity index (χ2v) is 3.67. The van der Waals surface area contributed by atoms with Crippen LogP contribution in [0.25, 0.3) is 0 Å². The third kappa shape index (κ3) is 3.17. The van der Waals surface area contributed by atoms with Crippen molar-refractivity contribution in [3.05, 3.63) is 18.3 Å². The van der Waals surface area contributed by atoms with Crippen molar-refractivity contribution < 1.29 is 14.9 Å². The summed E-state index contributed by atoms with van der Waals surface area (Å²) >= 11 is 1.36. The van der Waals surface area contributed by atoms with Gasteiger partial charge in [0.05, 0.1) is 19.8 Å². The highest BCUT2D eigenvalue weighted by Gasteiger charge is 2.07. The molecule has 0 bridgehead atoms. The van der Waals surface area contributed by atoms with Crippen LogP contribution in [0, 0.1) is 0 Å². The molecule has 0 saturated carbocycles. The lowest BCUT2D eigenvalue weighted by atomic mass is 10.4. The Kier molecular flexibility index (Phi) is 4.72. The van der Waals surface area contributed by atoms with E-state index < -0.39 is 6.10 Å². The van der Waals surface area contributed by atoms with Crippen LogP contribution in [0.5, 0.6) is 5.75 Å². The summed E-state index contributed by atoms with van der Waals surface area (Å²) in [6, 6.07) is 3.59. The molecule has 0 aliphatic carbocycles. The van der Waals surface area contributed by atoms with E-state index in [9.17, 15) is 0 Å². The predicted octanol–water partition coefficient (Wildman–Crippen LogP) is 0.535. The molecule has 0 aliphatic heterocycles. The molecule has 4 nitrogen and oxygen atoms in total. The zero-order valence-electron chi connectivity index (χ0n) is 7.88. The zero-order chi connectivity index (χ0) is 10.4. The molecule has 0 aromatic carbocycles. The minimum absolute atomic E-state index is 0.234. The van der Waals surface area contributed by atoms with Gasteiger partial charge in [-0.3, -0.25) is 0 Å². The van der Waals surface area contributed by atoms with E-state index in [0.717, 1.165) is 5.03 Å². The average Bonchev–Trinajstić information content (AvgIpc) is 2.26. The van der Waals surface area contributed by atoms with Crippen LogP contribution < -0.4 is 4.74 Å². The highest BCUT2D eigenvalue weighted by molar-refractivity contribution is 7.99.